The second-order valence-electron chi connectivity index (χ2n) is 6.96. The molecule has 2 aromatic rings. The third-order valence-corrected chi connectivity index (χ3v) is 5.11. The molecule has 0 saturated carbocycles. The number of carbonyl (C=O) groups is 2. The summed E-state index contributed by atoms with van der Waals surface area (Å²) in [7, 11) is 1.80. The standard InChI is InChI=1S/C21H22N2O3/c1-22(14-17-12-15-6-3-5-9-19(15)26-17)20(24)10-11-23-13-16-7-2-4-8-18(16)21(23)25/h2-9,17H,10-14H2,1H3/t17-/m1/s1. The molecule has 0 aromatic heterocycles. The van der Waals surface area contributed by atoms with Crippen molar-refractivity contribution in [2.45, 2.75) is 25.5 Å². The summed E-state index contributed by atoms with van der Waals surface area (Å²) in [6.45, 7) is 1.59. The third kappa shape index (κ3) is 3.17. The smallest absolute Gasteiger partial charge is 0.254 e. The number of hydrogen-bond donors (Lipinski definition) is 0. The number of carbonyl (C=O) groups excluding carboxylic acids is 2. The minimum absolute atomic E-state index is 0.000904. The normalized spacial score (nSPS) is 17.7. The topological polar surface area (TPSA) is 49.9 Å². The molecule has 2 aliphatic heterocycles. The minimum Gasteiger partial charge on any atom is -0.488 e. The summed E-state index contributed by atoms with van der Waals surface area (Å²) in [6.07, 6.45) is 1.16. The van der Waals surface area contributed by atoms with E-state index in [2.05, 4.69) is 6.07 Å². The molecule has 0 N–H and O–H groups in total. The van der Waals surface area contributed by atoms with E-state index in [0.29, 0.717) is 26.1 Å². The molecule has 0 radical (unpaired) electrons. The Balaban J connectivity index is 1.27. The van der Waals surface area contributed by atoms with Crippen LogP contribution in [0.1, 0.15) is 27.9 Å². The Morgan fingerprint density at radius 1 is 1.15 bits per heavy atom. The number of hydrogen-bond acceptors (Lipinski definition) is 3. The van der Waals surface area contributed by atoms with E-state index in [1.54, 1.807) is 16.8 Å². The molecule has 1 atom stereocenters. The van der Waals surface area contributed by atoms with Crippen molar-refractivity contribution in [3.8, 4) is 5.75 Å². The zero-order valence-electron chi connectivity index (χ0n) is 14.9. The summed E-state index contributed by atoms with van der Waals surface area (Å²) in [6, 6.07) is 15.6. The molecule has 2 aromatic carbocycles. The highest BCUT2D eigenvalue weighted by Gasteiger charge is 2.28. The van der Waals surface area contributed by atoms with E-state index in [-0.39, 0.29) is 17.9 Å². The highest BCUT2D eigenvalue weighted by molar-refractivity contribution is 5.98. The van der Waals surface area contributed by atoms with Gasteiger partial charge in [0.15, 0.2) is 0 Å². The molecule has 4 rings (SSSR count). The quantitative estimate of drug-likeness (QED) is 0.832. The lowest BCUT2D eigenvalue weighted by Crippen LogP contribution is -2.38. The van der Waals surface area contributed by atoms with Crippen molar-refractivity contribution in [3.05, 3.63) is 65.2 Å². The maximum atomic E-state index is 12.5. The molecule has 2 heterocycles. The van der Waals surface area contributed by atoms with Crippen LogP contribution in [0.3, 0.4) is 0 Å². The van der Waals surface area contributed by atoms with Gasteiger partial charge in [-0.3, -0.25) is 9.59 Å². The number of ether oxygens (including phenoxy) is 1. The molecule has 0 unspecified atom stereocenters. The van der Waals surface area contributed by atoms with Crippen LogP contribution in [0.5, 0.6) is 5.75 Å². The molecule has 5 nitrogen and oxygen atoms in total. The van der Waals surface area contributed by atoms with Gasteiger partial charge in [-0.1, -0.05) is 36.4 Å². The zero-order valence-corrected chi connectivity index (χ0v) is 14.9. The lowest BCUT2D eigenvalue weighted by atomic mass is 10.1. The molecule has 134 valence electrons. The Morgan fingerprint density at radius 2 is 1.88 bits per heavy atom. The number of para-hydroxylation sites is 1. The summed E-state index contributed by atoms with van der Waals surface area (Å²) < 4.78 is 5.91. The number of rotatable bonds is 5. The number of likely N-dealkylation sites (N-methyl/N-ethyl adjacent to an activating group) is 1. The van der Waals surface area contributed by atoms with Crippen molar-refractivity contribution in [1.29, 1.82) is 0 Å². The van der Waals surface area contributed by atoms with Crippen LogP contribution in [0.2, 0.25) is 0 Å². The Bertz CT molecular complexity index is 824. The van der Waals surface area contributed by atoms with E-state index in [1.165, 1.54) is 5.56 Å². The van der Waals surface area contributed by atoms with Crippen molar-refractivity contribution in [2.75, 3.05) is 20.1 Å². The van der Waals surface area contributed by atoms with E-state index in [9.17, 15) is 9.59 Å². The Kier molecular flexibility index (Phi) is 4.37. The first kappa shape index (κ1) is 16.6. The SMILES string of the molecule is CN(C[C@H]1Cc2ccccc2O1)C(=O)CCN1Cc2ccccc2C1=O. The molecule has 2 aliphatic rings. The van der Waals surface area contributed by atoms with Crippen molar-refractivity contribution in [3.63, 3.8) is 0 Å². The van der Waals surface area contributed by atoms with Gasteiger partial charge >= 0.3 is 0 Å². The molecule has 0 fully saturated rings. The van der Waals surface area contributed by atoms with Gasteiger partial charge in [-0.05, 0) is 23.3 Å². The zero-order chi connectivity index (χ0) is 18.1. The number of nitrogens with zero attached hydrogens (tertiary/aromatic N) is 2. The molecule has 5 heteroatoms. The van der Waals surface area contributed by atoms with E-state index in [1.807, 2.05) is 42.5 Å². The van der Waals surface area contributed by atoms with Crippen LogP contribution < -0.4 is 4.74 Å². The predicted octanol–water partition coefficient (Wildman–Crippen LogP) is 2.49. The second-order valence-corrected chi connectivity index (χ2v) is 6.96. The largest absolute Gasteiger partial charge is 0.488 e. The molecular formula is C21H22N2O3. The maximum absolute atomic E-state index is 12.5. The minimum atomic E-state index is -0.000904. The first-order valence-corrected chi connectivity index (χ1v) is 8.97. The van der Waals surface area contributed by atoms with Gasteiger partial charge in [0.25, 0.3) is 5.91 Å². The van der Waals surface area contributed by atoms with Crippen molar-refractivity contribution >= 4 is 11.8 Å². The highest BCUT2D eigenvalue weighted by Crippen LogP contribution is 2.28. The fourth-order valence-electron chi connectivity index (χ4n) is 3.68. The van der Waals surface area contributed by atoms with Crippen LogP contribution in [-0.4, -0.2) is 47.9 Å². The molecule has 0 bridgehead atoms. The molecule has 2 amide bonds. The predicted molar refractivity (Wildman–Crippen MR) is 98.0 cm³/mol. The van der Waals surface area contributed by atoms with Crippen molar-refractivity contribution in [2.24, 2.45) is 0 Å². The number of amides is 2. The highest BCUT2D eigenvalue weighted by atomic mass is 16.5. The van der Waals surface area contributed by atoms with Gasteiger partial charge in [0.05, 0.1) is 6.54 Å². The molecule has 0 spiro atoms. The van der Waals surface area contributed by atoms with Gasteiger partial charge < -0.3 is 14.5 Å². The van der Waals surface area contributed by atoms with Crippen molar-refractivity contribution in [1.82, 2.24) is 9.80 Å². The first-order valence-electron chi connectivity index (χ1n) is 8.97. The first-order chi connectivity index (χ1) is 12.6. The van der Waals surface area contributed by atoms with Gasteiger partial charge in [0.2, 0.25) is 5.91 Å². The van der Waals surface area contributed by atoms with Crippen LogP contribution in [0.15, 0.2) is 48.5 Å². The molecule has 0 aliphatic carbocycles. The van der Waals surface area contributed by atoms with Gasteiger partial charge in [-0.15, -0.1) is 0 Å². The monoisotopic (exact) mass is 350 g/mol. The summed E-state index contributed by atoms with van der Waals surface area (Å²) in [5.41, 5.74) is 2.99. The third-order valence-electron chi connectivity index (χ3n) is 5.11. The van der Waals surface area contributed by atoms with Crippen LogP contribution >= 0.6 is 0 Å². The molecular weight excluding hydrogens is 328 g/mol. The average molecular weight is 350 g/mol. The van der Waals surface area contributed by atoms with E-state index < -0.39 is 0 Å². The van der Waals surface area contributed by atoms with Crippen LogP contribution in [-0.2, 0) is 17.8 Å². The van der Waals surface area contributed by atoms with E-state index in [4.69, 9.17) is 4.74 Å². The Morgan fingerprint density at radius 3 is 2.65 bits per heavy atom. The van der Waals surface area contributed by atoms with Crippen LogP contribution in [0.4, 0.5) is 0 Å². The summed E-state index contributed by atoms with van der Waals surface area (Å²) >= 11 is 0. The fourth-order valence-corrected chi connectivity index (χ4v) is 3.68. The lowest BCUT2D eigenvalue weighted by Gasteiger charge is -2.22. The van der Waals surface area contributed by atoms with Gasteiger partial charge in [0.1, 0.15) is 11.9 Å². The summed E-state index contributed by atoms with van der Waals surface area (Å²) in [4.78, 5) is 28.3. The second kappa shape index (κ2) is 6.83. The van der Waals surface area contributed by atoms with Crippen LogP contribution in [0, 0.1) is 0 Å². The van der Waals surface area contributed by atoms with E-state index >= 15 is 0 Å². The van der Waals surface area contributed by atoms with Gasteiger partial charge in [-0.2, -0.15) is 0 Å². The summed E-state index contributed by atoms with van der Waals surface area (Å²) in [5.74, 6) is 0.970. The number of fused-ring (bicyclic) bond motifs is 2. The fraction of sp³-hybridized carbons (Fsp3) is 0.333. The van der Waals surface area contributed by atoms with Crippen molar-refractivity contribution < 1.29 is 14.3 Å². The number of benzene rings is 2. The molecule has 26 heavy (non-hydrogen) atoms. The van der Waals surface area contributed by atoms with E-state index in [0.717, 1.165) is 23.3 Å². The van der Waals surface area contributed by atoms with Crippen LogP contribution in [0.25, 0.3) is 0 Å². The lowest BCUT2D eigenvalue weighted by molar-refractivity contribution is -0.131. The Hall–Kier alpha value is -2.82. The maximum Gasteiger partial charge on any atom is 0.254 e. The summed E-state index contributed by atoms with van der Waals surface area (Å²) in [5, 5.41) is 0. The van der Waals surface area contributed by atoms with Gasteiger partial charge in [0, 0.05) is 38.5 Å². The average Bonchev–Trinajstić information content (AvgIpc) is 3.20. The van der Waals surface area contributed by atoms with Gasteiger partial charge in [-0.25, -0.2) is 0 Å². The Labute approximate surface area is 153 Å². The molecule has 0 saturated heterocycles.